The standard InChI is InChI=1S/C56H101N17O19/c1-8-28(4)42(71-54(90)44(31(7)75)72-46(82)32(59)26-27(2)3)52(88)68-33(14-9-11-23-57)47(83)64-29(5)45(81)65-36(18-21-40(77)78)48(84)66-34(16-13-25-63-56(61)62)51(87)73-43(30(6)74)53(89)69-37(19-22-41(79)80)49(85)67-35(17-20-39(60)76)50(86)70-38(55(91)92)15-10-12-24-58/h27-38,42-44,74-75H,8-26,57-59H2,1-7H3,(H2,60,76)(H,64,83)(H,65,81)(H,66,84)(H,67,85)(H,68,88)(H,69,89)(H,70,86)(H,71,90)(H,72,82)(H,73,87)(H,77,78)(H,79,80)(H,91,92)(H4,61,62,63)/t28-,29-,30+,31+,32-,33-,34-,35-,36-,37-,38-,42-,43-,44-/m0/s1. The molecule has 0 bridgehead atoms. The van der Waals surface area contributed by atoms with Crippen molar-refractivity contribution in [3.63, 3.8) is 0 Å². The van der Waals surface area contributed by atoms with E-state index in [1.54, 1.807) is 13.8 Å². The van der Waals surface area contributed by atoms with Gasteiger partial charge in [-0.3, -0.25) is 67.3 Å². The largest absolute Gasteiger partial charge is 0.481 e. The number of amides is 11. The molecule has 11 amide bonds. The maximum Gasteiger partial charge on any atom is 0.326 e. The normalized spacial score (nSPS) is 15.7. The summed E-state index contributed by atoms with van der Waals surface area (Å²) >= 11 is 0. The Hall–Kier alpha value is -8.35. The van der Waals surface area contributed by atoms with Gasteiger partial charge in [-0.2, -0.15) is 0 Å². The van der Waals surface area contributed by atoms with Crippen LogP contribution in [0, 0.1) is 11.8 Å². The molecular formula is C56H101N17O19. The second-order valence-corrected chi connectivity index (χ2v) is 22.9. The Bertz CT molecular complexity index is 2500. The summed E-state index contributed by atoms with van der Waals surface area (Å²) in [6.07, 6.45) is -5.77. The molecule has 524 valence electrons. The highest BCUT2D eigenvalue weighted by molar-refractivity contribution is 5.99. The van der Waals surface area contributed by atoms with Crippen LogP contribution in [0.15, 0.2) is 4.99 Å². The van der Waals surface area contributed by atoms with E-state index in [0.29, 0.717) is 19.3 Å². The van der Waals surface area contributed by atoms with E-state index in [1.165, 1.54) is 13.8 Å². The first kappa shape index (κ1) is 83.7. The van der Waals surface area contributed by atoms with Gasteiger partial charge in [0.05, 0.1) is 18.2 Å². The molecule has 36 heteroatoms. The summed E-state index contributed by atoms with van der Waals surface area (Å²) in [4.78, 5) is 189. The number of carbonyl (C=O) groups is 14. The van der Waals surface area contributed by atoms with Crippen LogP contribution in [-0.4, -0.2) is 213 Å². The highest BCUT2D eigenvalue weighted by Crippen LogP contribution is 2.14. The van der Waals surface area contributed by atoms with Gasteiger partial charge >= 0.3 is 17.9 Å². The Labute approximate surface area is 533 Å². The van der Waals surface area contributed by atoms with Gasteiger partial charge in [-0.1, -0.05) is 34.1 Å². The first-order valence-electron chi connectivity index (χ1n) is 30.6. The van der Waals surface area contributed by atoms with Crippen molar-refractivity contribution >= 4 is 88.8 Å². The minimum atomic E-state index is -2.02. The summed E-state index contributed by atoms with van der Waals surface area (Å²) in [5.74, 6) is -16.8. The molecule has 0 saturated heterocycles. The quantitative estimate of drug-likeness (QED) is 0.0153. The van der Waals surface area contributed by atoms with Crippen molar-refractivity contribution < 1.29 is 92.7 Å². The average Bonchev–Trinajstić information content (AvgIpc) is 1.56. The first-order valence-corrected chi connectivity index (χ1v) is 30.6. The van der Waals surface area contributed by atoms with Gasteiger partial charge in [0.1, 0.15) is 60.4 Å². The molecule has 0 spiro atoms. The molecule has 0 heterocycles. The number of aliphatic hydroxyl groups is 2. The number of rotatable bonds is 48. The number of nitrogens with one attached hydrogen (secondary N) is 10. The molecule has 0 saturated carbocycles. The van der Waals surface area contributed by atoms with Crippen molar-refractivity contribution in [2.75, 3.05) is 19.6 Å². The third-order valence-corrected chi connectivity index (χ3v) is 14.3. The lowest BCUT2D eigenvalue weighted by Gasteiger charge is -2.30. The van der Waals surface area contributed by atoms with E-state index in [1.807, 2.05) is 13.8 Å². The summed E-state index contributed by atoms with van der Waals surface area (Å²) in [5.41, 5.74) is 33.4. The monoisotopic (exact) mass is 1320 g/mol. The molecular weight excluding hydrogens is 1210 g/mol. The Balaban J connectivity index is 6.96. The van der Waals surface area contributed by atoms with Crippen molar-refractivity contribution in [2.45, 2.75) is 230 Å². The van der Waals surface area contributed by atoms with Gasteiger partial charge in [0.2, 0.25) is 65.0 Å². The topological polar surface area (TPSA) is 629 Å². The van der Waals surface area contributed by atoms with Gasteiger partial charge in [-0.05, 0) is 123 Å². The molecule has 14 atom stereocenters. The van der Waals surface area contributed by atoms with Crippen LogP contribution in [0.1, 0.15) is 151 Å². The number of hydrogen-bond donors (Lipinski definition) is 21. The molecule has 0 radical (unpaired) electrons. The van der Waals surface area contributed by atoms with E-state index < -0.39 is 206 Å². The molecule has 0 aromatic carbocycles. The maximum atomic E-state index is 14.2. The second-order valence-electron chi connectivity index (χ2n) is 22.9. The molecule has 27 N–H and O–H groups in total. The predicted molar refractivity (Wildman–Crippen MR) is 331 cm³/mol. The zero-order valence-corrected chi connectivity index (χ0v) is 53.5. The molecule has 0 fully saturated rings. The molecule has 0 aliphatic heterocycles. The lowest BCUT2D eigenvalue weighted by molar-refractivity contribution is -0.143. The van der Waals surface area contributed by atoms with E-state index in [-0.39, 0.29) is 76.5 Å². The molecule has 36 nitrogen and oxygen atoms in total. The Morgan fingerprint density at radius 1 is 0.413 bits per heavy atom. The number of carboxylic acid groups (broad SMARTS) is 3. The smallest absolute Gasteiger partial charge is 0.326 e. The van der Waals surface area contributed by atoms with Crippen molar-refractivity contribution in [1.29, 1.82) is 0 Å². The highest BCUT2D eigenvalue weighted by Gasteiger charge is 2.38. The zero-order valence-electron chi connectivity index (χ0n) is 53.5. The third kappa shape index (κ3) is 33.6. The fourth-order valence-electron chi connectivity index (χ4n) is 8.81. The number of aliphatic hydroxyl groups excluding tert-OH is 2. The number of aliphatic carboxylic acids is 3. The highest BCUT2D eigenvalue weighted by atomic mass is 16.4. The average molecular weight is 1320 g/mol. The number of nitrogens with two attached hydrogens (primary N) is 6. The fourth-order valence-corrected chi connectivity index (χ4v) is 8.81. The van der Waals surface area contributed by atoms with Crippen LogP contribution in [0.4, 0.5) is 0 Å². The summed E-state index contributed by atoms with van der Waals surface area (Å²) in [6, 6.07) is -17.4. The number of aliphatic imine (C=N–C) groups is 1. The lowest BCUT2D eigenvalue weighted by Crippen LogP contribution is -2.62. The van der Waals surface area contributed by atoms with Crippen molar-refractivity contribution in [3.05, 3.63) is 0 Å². The van der Waals surface area contributed by atoms with Crippen LogP contribution in [-0.2, 0) is 67.1 Å². The van der Waals surface area contributed by atoms with Gasteiger partial charge in [0.25, 0.3) is 0 Å². The minimum absolute atomic E-state index is 0.0218. The number of hydrogen-bond acceptors (Lipinski definition) is 20. The van der Waals surface area contributed by atoms with Gasteiger partial charge in [-0.25, -0.2) is 4.79 Å². The Morgan fingerprint density at radius 2 is 0.761 bits per heavy atom. The molecule has 0 aromatic rings. The molecule has 0 unspecified atom stereocenters. The summed E-state index contributed by atoms with van der Waals surface area (Å²) in [7, 11) is 0. The number of carbonyl (C=O) groups excluding carboxylic acids is 11. The number of unbranched alkanes of at least 4 members (excludes halogenated alkanes) is 2. The maximum absolute atomic E-state index is 14.2. The number of guanidine groups is 1. The van der Waals surface area contributed by atoms with Crippen LogP contribution >= 0.6 is 0 Å². The van der Waals surface area contributed by atoms with Gasteiger partial charge in [-0.15, -0.1) is 0 Å². The van der Waals surface area contributed by atoms with Gasteiger partial charge in [0.15, 0.2) is 5.96 Å². The predicted octanol–water partition coefficient (Wildman–Crippen LogP) is -6.57. The molecule has 92 heavy (non-hydrogen) atoms. The summed E-state index contributed by atoms with van der Waals surface area (Å²) < 4.78 is 0. The van der Waals surface area contributed by atoms with Crippen molar-refractivity contribution in [1.82, 2.24) is 53.2 Å². The number of nitrogens with zero attached hydrogens (tertiary/aromatic N) is 1. The van der Waals surface area contributed by atoms with E-state index in [4.69, 9.17) is 34.4 Å². The van der Waals surface area contributed by atoms with Crippen LogP contribution in [0.5, 0.6) is 0 Å². The Morgan fingerprint density at radius 3 is 1.16 bits per heavy atom. The van der Waals surface area contributed by atoms with Gasteiger partial charge < -0.3 is 113 Å². The van der Waals surface area contributed by atoms with Crippen LogP contribution < -0.4 is 87.6 Å². The Kier molecular flexibility index (Phi) is 40.2. The minimum Gasteiger partial charge on any atom is -0.481 e. The zero-order chi connectivity index (χ0) is 70.5. The van der Waals surface area contributed by atoms with Gasteiger partial charge in [0, 0.05) is 25.8 Å². The lowest BCUT2D eigenvalue weighted by atomic mass is 9.96. The van der Waals surface area contributed by atoms with E-state index in [0.717, 1.165) is 6.92 Å². The number of primary amides is 1. The second kappa shape index (κ2) is 44.2. The van der Waals surface area contributed by atoms with Crippen molar-refractivity contribution in [3.8, 4) is 0 Å². The van der Waals surface area contributed by atoms with E-state index in [2.05, 4.69) is 58.2 Å². The van der Waals surface area contributed by atoms with E-state index in [9.17, 15) is 92.7 Å². The van der Waals surface area contributed by atoms with Crippen molar-refractivity contribution in [2.24, 2.45) is 51.2 Å². The molecule has 0 aliphatic carbocycles. The SMILES string of the molecule is CC[C@H](C)[C@H](NC(=O)[C@@H](NC(=O)[C@@H](N)CC(C)C)[C@@H](C)O)C(=O)N[C@@H](CCCCN)C(=O)N[C@@H](C)C(=O)N[C@@H](CCC(=O)O)C(=O)N[C@@H](CCCN=C(N)N)C(=O)N[C@H](C(=O)N[C@@H](CCC(=O)O)C(=O)N[C@@H](CCC(N)=O)C(=O)N[C@@H](CCCCN)C(=O)O)[C@@H](C)O. The van der Waals surface area contributed by atoms with E-state index >= 15 is 0 Å². The van der Waals surface area contributed by atoms with Crippen LogP contribution in [0.25, 0.3) is 0 Å². The molecule has 0 rings (SSSR count). The molecule has 0 aliphatic rings. The fraction of sp³-hybridized carbons (Fsp3) is 0.732. The van der Waals surface area contributed by atoms with Crippen LogP contribution in [0.3, 0.4) is 0 Å². The summed E-state index contributed by atoms with van der Waals surface area (Å²) in [6.45, 7) is 10.8. The first-order chi connectivity index (χ1) is 43.0. The number of carboxylic acids is 3. The summed E-state index contributed by atoms with van der Waals surface area (Å²) in [5, 5.41) is 74.0. The molecule has 0 aromatic heterocycles. The van der Waals surface area contributed by atoms with Crippen LogP contribution in [0.2, 0.25) is 0 Å². The third-order valence-electron chi connectivity index (χ3n) is 14.3.